The Morgan fingerprint density at radius 2 is 1.77 bits per heavy atom. The molecule has 0 saturated carbocycles. The van der Waals surface area contributed by atoms with Gasteiger partial charge in [-0.05, 0) is 77.4 Å². The number of likely N-dealkylation sites (tertiary alicyclic amines) is 1. The van der Waals surface area contributed by atoms with E-state index < -0.39 is 0 Å². The third-order valence-corrected chi connectivity index (χ3v) is 5.17. The number of amides is 1. The van der Waals surface area contributed by atoms with E-state index >= 15 is 0 Å². The zero-order chi connectivity index (χ0) is 18.4. The van der Waals surface area contributed by atoms with E-state index in [1.807, 2.05) is 36.4 Å². The molecule has 0 spiro atoms. The van der Waals surface area contributed by atoms with Gasteiger partial charge in [-0.15, -0.1) is 0 Å². The molecule has 0 bridgehead atoms. The van der Waals surface area contributed by atoms with E-state index in [9.17, 15) is 9.18 Å². The highest BCUT2D eigenvalue weighted by Crippen LogP contribution is 2.15. The second-order valence-corrected chi connectivity index (χ2v) is 7.73. The monoisotopic (exact) mass is 468 g/mol. The zero-order valence-electron chi connectivity index (χ0n) is 14.5. The number of rotatable bonds is 6. The number of hydrogen-bond donors (Lipinski definition) is 1. The average molecular weight is 468 g/mol. The van der Waals surface area contributed by atoms with E-state index in [4.69, 9.17) is 4.74 Å². The van der Waals surface area contributed by atoms with Crippen molar-refractivity contribution in [1.29, 1.82) is 0 Å². The van der Waals surface area contributed by atoms with E-state index in [0.29, 0.717) is 5.75 Å². The minimum Gasteiger partial charge on any atom is -0.484 e. The number of ether oxygens (including phenoxy) is 1. The lowest BCUT2D eigenvalue weighted by atomic mass is 10.0. The van der Waals surface area contributed by atoms with Crippen LogP contribution < -0.4 is 10.1 Å². The molecule has 0 unspecified atom stereocenters. The highest BCUT2D eigenvalue weighted by Gasteiger charge is 2.20. The first kappa shape index (κ1) is 19.1. The first-order valence-corrected chi connectivity index (χ1v) is 9.81. The predicted octanol–water partition coefficient (Wildman–Crippen LogP) is 3.59. The van der Waals surface area contributed by atoms with Crippen LogP contribution in [0.5, 0.6) is 5.75 Å². The Hall–Kier alpha value is -1.67. The van der Waals surface area contributed by atoms with E-state index in [1.54, 1.807) is 0 Å². The molecule has 3 rings (SSSR count). The van der Waals surface area contributed by atoms with Gasteiger partial charge < -0.3 is 10.1 Å². The van der Waals surface area contributed by atoms with Crippen LogP contribution in [0.25, 0.3) is 0 Å². The molecule has 1 fully saturated rings. The van der Waals surface area contributed by atoms with Crippen molar-refractivity contribution in [2.75, 3.05) is 19.7 Å². The van der Waals surface area contributed by atoms with E-state index in [0.717, 1.165) is 41.6 Å². The van der Waals surface area contributed by atoms with Gasteiger partial charge in [0.1, 0.15) is 11.6 Å². The standard InChI is InChI=1S/C20H22FIN2O2/c21-16-3-1-15(2-4-16)13-24-11-9-18(10-12-24)23-20(25)14-26-19-7-5-17(22)6-8-19/h1-8,18H,9-14H2,(H,23,25). The molecule has 4 nitrogen and oxygen atoms in total. The molecule has 0 atom stereocenters. The number of nitrogens with one attached hydrogen (secondary N) is 1. The van der Waals surface area contributed by atoms with Crippen LogP contribution in [0.4, 0.5) is 4.39 Å². The molecule has 2 aromatic rings. The molecule has 138 valence electrons. The number of carbonyl (C=O) groups excluding carboxylic acids is 1. The molecule has 2 aromatic carbocycles. The second kappa shape index (κ2) is 9.32. The summed E-state index contributed by atoms with van der Waals surface area (Å²) in [6.07, 6.45) is 1.83. The fraction of sp³-hybridized carbons (Fsp3) is 0.350. The molecule has 0 radical (unpaired) electrons. The van der Waals surface area contributed by atoms with Crippen LogP contribution in [0.1, 0.15) is 18.4 Å². The van der Waals surface area contributed by atoms with Gasteiger partial charge in [0, 0.05) is 29.2 Å². The maximum absolute atomic E-state index is 13.0. The van der Waals surface area contributed by atoms with E-state index in [2.05, 4.69) is 32.8 Å². The Labute approximate surface area is 166 Å². The number of benzene rings is 2. The van der Waals surface area contributed by atoms with Crippen LogP contribution in [-0.4, -0.2) is 36.5 Å². The van der Waals surface area contributed by atoms with Gasteiger partial charge in [0.15, 0.2) is 6.61 Å². The van der Waals surface area contributed by atoms with Gasteiger partial charge >= 0.3 is 0 Å². The largest absolute Gasteiger partial charge is 0.484 e. The van der Waals surface area contributed by atoms with Crippen LogP contribution in [0, 0.1) is 9.39 Å². The lowest BCUT2D eigenvalue weighted by Crippen LogP contribution is -2.45. The summed E-state index contributed by atoms with van der Waals surface area (Å²) in [6.45, 7) is 2.69. The summed E-state index contributed by atoms with van der Waals surface area (Å²) in [7, 11) is 0. The number of carbonyl (C=O) groups is 1. The van der Waals surface area contributed by atoms with E-state index in [-0.39, 0.29) is 24.4 Å². The molecule has 1 aliphatic rings. The number of halogens is 2. The number of piperidine rings is 1. The van der Waals surface area contributed by atoms with Crippen LogP contribution in [0.3, 0.4) is 0 Å². The first-order chi connectivity index (χ1) is 12.6. The van der Waals surface area contributed by atoms with Gasteiger partial charge in [-0.1, -0.05) is 12.1 Å². The normalized spacial score (nSPS) is 15.6. The Morgan fingerprint density at radius 3 is 2.42 bits per heavy atom. The quantitative estimate of drug-likeness (QED) is 0.660. The summed E-state index contributed by atoms with van der Waals surface area (Å²) in [6, 6.07) is 14.5. The molecule has 26 heavy (non-hydrogen) atoms. The van der Waals surface area contributed by atoms with Crippen LogP contribution in [0.2, 0.25) is 0 Å². The minimum absolute atomic E-state index is 0.0381. The number of hydrogen-bond acceptors (Lipinski definition) is 3. The Balaban J connectivity index is 1.37. The molecular formula is C20H22FIN2O2. The molecule has 1 heterocycles. The maximum atomic E-state index is 13.0. The maximum Gasteiger partial charge on any atom is 0.258 e. The third-order valence-electron chi connectivity index (χ3n) is 4.46. The smallest absolute Gasteiger partial charge is 0.258 e. The summed E-state index contributed by atoms with van der Waals surface area (Å²) in [5.41, 5.74) is 1.11. The van der Waals surface area contributed by atoms with Gasteiger partial charge in [0.25, 0.3) is 5.91 Å². The fourth-order valence-electron chi connectivity index (χ4n) is 3.03. The van der Waals surface area contributed by atoms with Crippen LogP contribution in [0.15, 0.2) is 48.5 Å². The molecule has 0 aromatic heterocycles. The van der Waals surface area contributed by atoms with Crippen LogP contribution in [-0.2, 0) is 11.3 Å². The molecule has 6 heteroatoms. The van der Waals surface area contributed by atoms with Crippen molar-refractivity contribution < 1.29 is 13.9 Å². The zero-order valence-corrected chi connectivity index (χ0v) is 16.6. The average Bonchev–Trinajstić information content (AvgIpc) is 2.65. The van der Waals surface area contributed by atoms with Crippen molar-refractivity contribution in [3.8, 4) is 5.75 Å². The topological polar surface area (TPSA) is 41.6 Å². The third kappa shape index (κ3) is 5.95. The van der Waals surface area contributed by atoms with Gasteiger partial charge in [0.05, 0.1) is 0 Å². The van der Waals surface area contributed by atoms with Crippen molar-refractivity contribution in [3.05, 3.63) is 63.5 Å². The molecule has 1 amide bonds. The molecule has 0 aliphatic carbocycles. The summed E-state index contributed by atoms with van der Waals surface area (Å²) >= 11 is 2.23. The van der Waals surface area contributed by atoms with E-state index in [1.165, 1.54) is 12.1 Å². The van der Waals surface area contributed by atoms with Crippen molar-refractivity contribution in [3.63, 3.8) is 0 Å². The Kier molecular flexibility index (Phi) is 6.85. The summed E-state index contributed by atoms with van der Waals surface area (Å²) in [5, 5.41) is 3.05. The molecular weight excluding hydrogens is 446 g/mol. The van der Waals surface area contributed by atoms with Crippen LogP contribution >= 0.6 is 22.6 Å². The summed E-state index contributed by atoms with van der Waals surface area (Å²) in [5.74, 6) is 0.415. The highest BCUT2D eigenvalue weighted by atomic mass is 127. The SMILES string of the molecule is O=C(COc1ccc(I)cc1)NC1CCN(Cc2ccc(F)cc2)CC1. The summed E-state index contributed by atoms with van der Waals surface area (Å²) in [4.78, 5) is 14.4. The lowest BCUT2D eigenvalue weighted by Gasteiger charge is -2.32. The number of nitrogens with zero attached hydrogens (tertiary/aromatic N) is 1. The van der Waals surface area contributed by atoms with Crippen molar-refractivity contribution in [2.24, 2.45) is 0 Å². The fourth-order valence-corrected chi connectivity index (χ4v) is 3.39. The minimum atomic E-state index is -0.206. The first-order valence-electron chi connectivity index (χ1n) is 8.73. The summed E-state index contributed by atoms with van der Waals surface area (Å²) < 4.78 is 19.6. The van der Waals surface area contributed by atoms with Crippen molar-refractivity contribution in [2.45, 2.75) is 25.4 Å². The molecule has 1 saturated heterocycles. The van der Waals surface area contributed by atoms with Gasteiger partial charge in [0.2, 0.25) is 0 Å². The van der Waals surface area contributed by atoms with Gasteiger partial charge in [-0.2, -0.15) is 0 Å². The van der Waals surface area contributed by atoms with Crippen molar-refractivity contribution in [1.82, 2.24) is 10.2 Å². The van der Waals surface area contributed by atoms with Gasteiger partial charge in [-0.3, -0.25) is 9.69 Å². The molecule has 1 N–H and O–H groups in total. The Morgan fingerprint density at radius 1 is 1.12 bits per heavy atom. The predicted molar refractivity (Wildman–Crippen MR) is 107 cm³/mol. The second-order valence-electron chi connectivity index (χ2n) is 6.49. The lowest BCUT2D eigenvalue weighted by molar-refractivity contribution is -0.124. The van der Waals surface area contributed by atoms with Gasteiger partial charge in [-0.25, -0.2) is 4.39 Å². The van der Waals surface area contributed by atoms with Crippen molar-refractivity contribution >= 4 is 28.5 Å². The highest BCUT2D eigenvalue weighted by molar-refractivity contribution is 14.1. The molecule has 1 aliphatic heterocycles. The Bertz CT molecular complexity index is 714.